The van der Waals surface area contributed by atoms with Gasteiger partial charge in [0.1, 0.15) is 0 Å². The number of aryl methyl sites for hydroxylation is 1. The van der Waals surface area contributed by atoms with Crippen molar-refractivity contribution in [2.45, 2.75) is 39.8 Å². The first-order valence-electron chi connectivity index (χ1n) is 7.19. The minimum atomic E-state index is 0.484. The van der Waals surface area contributed by atoms with E-state index in [0.29, 0.717) is 19.0 Å². The lowest BCUT2D eigenvalue weighted by Crippen LogP contribution is -2.02. The van der Waals surface area contributed by atoms with Crippen LogP contribution in [0.3, 0.4) is 0 Å². The van der Waals surface area contributed by atoms with Crippen molar-refractivity contribution in [3.63, 3.8) is 0 Å². The second-order valence-corrected chi connectivity index (χ2v) is 5.63. The van der Waals surface area contributed by atoms with Crippen LogP contribution in [0.25, 0.3) is 11.1 Å². The monoisotopic (exact) mass is 268 g/mol. The van der Waals surface area contributed by atoms with E-state index in [2.05, 4.69) is 57.2 Å². The molecule has 0 heterocycles. The largest absolute Gasteiger partial charge is 0.326 e. The van der Waals surface area contributed by atoms with Crippen molar-refractivity contribution >= 4 is 0 Å². The highest BCUT2D eigenvalue weighted by molar-refractivity contribution is 5.72. The summed E-state index contributed by atoms with van der Waals surface area (Å²) in [7, 11) is 0. The predicted octanol–water partition coefficient (Wildman–Crippen LogP) is 3.70. The Morgan fingerprint density at radius 3 is 1.95 bits per heavy atom. The molecule has 20 heavy (non-hydrogen) atoms. The smallest absolute Gasteiger partial charge is 0.0178 e. The molecule has 0 unspecified atom stereocenters. The van der Waals surface area contributed by atoms with E-state index in [1.54, 1.807) is 0 Å². The maximum absolute atomic E-state index is 5.80. The Morgan fingerprint density at radius 2 is 1.40 bits per heavy atom. The molecule has 0 radical (unpaired) electrons. The molecular weight excluding hydrogens is 244 g/mol. The fraction of sp³-hybridized carbons (Fsp3) is 0.333. The first kappa shape index (κ1) is 14.8. The fourth-order valence-electron chi connectivity index (χ4n) is 2.55. The molecule has 2 nitrogen and oxygen atoms in total. The molecule has 0 fully saturated rings. The van der Waals surface area contributed by atoms with E-state index in [1.807, 2.05) is 0 Å². The molecule has 0 spiro atoms. The van der Waals surface area contributed by atoms with E-state index in [9.17, 15) is 0 Å². The normalized spacial score (nSPS) is 11.1. The quantitative estimate of drug-likeness (QED) is 0.888. The van der Waals surface area contributed by atoms with Gasteiger partial charge in [-0.1, -0.05) is 38.1 Å². The SMILES string of the molecule is Cc1ccc(CN)cc1-c1cc(CN)ccc1C(C)C. The molecule has 0 amide bonds. The third-order valence-electron chi connectivity index (χ3n) is 3.80. The second-order valence-electron chi connectivity index (χ2n) is 5.63. The lowest BCUT2D eigenvalue weighted by Gasteiger charge is -2.17. The van der Waals surface area contributed by atoms with E-state index in [-0.39, 0.29) is 0 Å². The summed E-state index contributed by atoms with van der Waals surface area (Å²) in [5.41, 5.74) is 19.1. The van der Waals surface area contributed by atoms with Crippen molar-refractivity contribution in [3.8, 4) is 11.1 Å². The molecule has 4 N–H and O–H groups in total. The highest BCUT2D eigenvalue weighted by Gasteiger charge is 2.12. The van der Waals surface area contributed by atoms with Gasteiger partial charge in [-0.3, -0.25) is 0 Å². The topological polar surface area (TPSA) is 52.0 Å². The van der Waals surface area contributed by atoms with E-state index in [0.717, 1.165) is 0 Å². The molecule has 2 aromatic rings. The van der Waals surface area contributed by atoms with Crippen LogP contribution < -0.4 is 11.5 Å². The van der Waals surface area contributed by atoms with Gasteiger partial charge in [-0.05, 0) is 58.4 Å². The first-order chi connectivity index (χ1) is 9.56. The van der Waals surface area contributed by atoms with Crippen LogP contribution in [0.4, 0.5) is 0 Å². The van der Waals surface area contributed by atoms with Crippen LogP contribution in [0.5, 0.6) is 0 Å². The lowest BCUT2D eigenvalue weighted by molar-refractivity contribution is 0.866. The van der Waals surface area contributed by atoms with Crippen molar-refractivity contribution in [2.75, 3.05) is 0 Å². The summed E-state index contributed by atoms with van der Waals surface area (Å²) in [6, 6.07) is 13.0. The van der Waals surface area contributed by atoms with E-state index in [4.69, 9.17) is 11.5 Å². The summed E-state index contributed by atoms with van der Waals surface area (Å²) in [6.45, 7) is 7.74. The average molecular weight is 268 g/mol. The third kappa shape index (κ3) is 2.92. The van der Waals surface area contributed by atoms with Gasteiger partial charge in [0.15, 0.2) is 0 Å². The Morgan fingerprint density at radius 1 is 0.850 bits per heavy atom. The van der Waals surface area contributed by atoms with E-state index >= 15 is 0 Å². The van der Waals surface area contributed by atoms with Gasteiger partial charge in [0.2, 0.25) is 0 Å². The molecule has 0 aliphatic rings. The van der Waals surface area contributed by atoms with Gasteiger partial charge in [-0.15, -0.1) is 0 Å². The number of hydrogen-bond acceptors (Lipinski definition) is 2. The molecule has 0 saturated heterocycles. The molecule has 0 aromatic heterocycles. The zero-order chi connectivity index (χ0) is 14.7. The van der Waals surface area contributed by atoms with Gasteiger partial charge in [0, 0.05) is 13.1 Å². The van der Waals surface area contributed by atoms with Gasteiger partial charge in [-0.25, -0.2) is 0 Å². The molecule has 2 heteroatoms. The highest BCUT2D eigenvalue weighted by Crippen LogP contribution is 2.33. The Bertz CT molecular complexity index is 600. The number of nitrogens with two attached hydrogens (primary N) is 2. The van der Waals surface area contributed by atoms with Gasteiger partial charge < -0.3 is 11.5 Å². The van der Waals surface area contributed by atoms with Crippen LogP contribution in [-0.4, -0.2) is 0 Å². The molecule has 106 valence electrons. The molecular formula is C18H24N2. The van der Waals surface area contributed by atoms with Crippen LogP contribution in [-0.2, 0) is 13.1 Å². The number of rotatable bonds is 4. The summed E-state index contributed by atoms with van der Waals surface area (Å²) in [6.07, 6.45) is 0. The Balaban J connectivity index is 2.66. The van der Waals surface area contributed by atoms with Crippen molar-refractivity contribution < 1.29 is 0 Å². The van der Waals surface area contributed by atoms with Gasteiger partial charge in [-0.2, -0.15) is 0 Å². The van der Waals surface area contributed by atoms with Crippen molar-refractivity contribution in [2.24, 2.45) is 11.5 Å². The summed E-state index contributed by atoms with van der Waals surface area (Å²) >= 11 is 0. The maximum atomic E-state index is 5.80. The second kappa shape index (κ2) is 6.21. The maximum Gasteiger partial charge on any atom is 0.0178 e. The van der Waals surface area contributed by atoms with Crippen LogP contribution in [0, 0.1) is 6.92 Å². The fourth-order valence-corrected chi connectivity index (χ4v) is 2.55. The summed E-state index contributed by atoms with van der Waals surface area (Å²) in [4.78, 5) is 0. The highest BCUT2D eigenvalue weighted by atomic mass is 14.5. The van der Waals surface area contributed by atoms with Gasteiger partial charge in [0.05, 0.1) is 0 Å². The van der Waals surface area contributed by atoms with Crippen LogP contribution >= 0.6 is 0 Å². The minimum Gasteiger partial charge on any atom is -0.326 e. The van der Waals surface area contributed by atoms with Crippen LogP contribution in [0.2, 0.25) is 0 Å². The third-order valence-corrected chi connectivity index (χ3v) is 3.80. The van der Waals surface area contributed by atoms with E-state index < -0.39 is 0 Å². The molecule has 0 atom stereocenters. The Hall–Kier alpha value is -1.64. The van der Waals surface area contributed by atoms with Crippen molar-refractivity contribution in [3.05, 3.63) is 58.7 Å². The Kier molecular flexibility index (Phi) is 4.58. The number of benzene rings is 2. The summed E-state index contributed by atoms with van der Waals surface area (Å²) in [5.74, 6) is 0.484. The first-order valence-corrected chi connectivity index (χ1v) is 7.19. The van der Waals surface area contributed by atoms with E-state index in [1.165, 1.54) is 33.4 Å². The van der Waals surface area contributed by atoms with Gasteiger partial charge >= 0.3 is 0 Å². The molecule has 0 saturated carbocycles. The number of hydrogen-bond donors (Lipinski definition) is 2. The summed E-state index contributed by atoms with van der Waals surface area (Å²) in [5, 5.41) is 0. The standard InChI is InChI=1S/C18H24N2/c1-12(2)16-7-6-15(11-20)9-18(16)17-8-14(10-19)5-4-13(17)3/h4-9,12H,10-11,19-20H2,1-3H3. The average Bonchev–Trinajstić information content (AvgIpc) is 2.47. The zero-order valence-electron chi connectivity index (χ0n) is 12.6. The zero-order valence-corrected chi connectivity index (χ0v) is 12.6. The van der Waals surface area contributed by atoms with Crippen LogP contribution in [0.15, 0.2) is 36.4 Å². The summed E-state index contributed by atoms with van der Waals surface area (Å²) < 4.78 is 0. The predicted molar refractivity (Wildman–Crippen MR) is 86.5 cm³/mol. The molecule has 0 aliphatic heterocycles. The molecule has 2 aromatic carbocycles. The molecule has 0 aliphatic carbocycles. The van der Waals surface area contributed by atoms with Crippen LogP contribution in [0.1, 0.15) is 42.0 Å². The lowest BCUT2D eigenvalue weighted by atomic mass is 9.88. The minimum absolute atomic E-state index is 0.484. The molecule has 2 rings (SSSR count). The molecule has 0 bridgehead atoms. The van der Waals surface area contributed by atoms with Crippen molar-refractivity contribution in [1.29, 1.82) is 0 Å². The van der Waals surface area contributed by atoms with Crippen molar-refractivity contribution in [1.82, 2.24) is 0 Å². The Labute approximate surface area is 121 Å². The van der Waals surface area contributed by atoms with Gasteiger partial charge in [0.25, 0.3) is 0 Å².